The fraction of sp³-hybridized carbons (Fsp3) is 0.188. The third-order valence-corrected chi connectivity index (χ3v) is 3.83. The van der Waals surface area contributed by atoms with Gasteiger partial charge >= 0.3 is 0 Å². The number of benzene rings is 2. The van der Waals surface area contributed by atoms with Crippen molar-refractivity contribution >= 4 is 27.3 Å². The number of hydrogen-bond donors (Lipinski definition) is 2. The molecule has 0 bridgehead atoms. The van der Waals surface area contributed by atoms with E-state index in [0.29, 0.717) is 16.9 Å². The van der Waals surface area contributed by atoms with E-state index in [1.54, 1.807) is 32.0 Å². The molecule has 2 aromatic carbocycles. The Hall–Kier alpha value is -2.41. The zero-order valence-electron chi connectivity index (χ0n) is 13.0. The van der Waals surface area contributed by atoms with Gasteiger partial charge in [-0.2, -0.15) is 0 Å². The van der Waals surface area contributed by atoms with Crippen molar-refractivity contribution in [2.75, 3.05) is 16.3 Å². The van der Waals surface area contributed by atoms with Gasteiger partial charge in [0.05, 0.1) is 11.9 Å². The predicted molar refractivity (Wildman–Crippen MR) is 88.7 cm³/mol. The number of anilines is 2. The predicted octanol–water partition coefficient (Wildman–Crippen LogP) is 3.07. The van der Waals surface area contributed by atoms with Crippen LogP contribution < -0.4 is 10.0 Å². The van der Waals surface area contributed by atoms with Crippen LogP contribution in [-0.4, -0.2) is 20.6 Å². The highest BCUT2D eigenvalue weighted by Crippen LogP contribution is 2.21. The second kappa shape index (κ2) is 6.37. The first-order valence-electron chi connectivity index (χ1n) is 6.81. The monoisotopic (exact) mass is 336 g/mol. The molecular weight excluding hydrogens is 319 g/mol. The Balaban J connectivity index is 2.29. The summed E-state index contributed by atoms with van der Waals surface area (Å²) in [6.45, 7) is 3.48. The summed E-state index contributed by atoms with van der Waals surface area (Å²) in [4.78, 5) is 12.3. The maximum absolute atomic E-state index is 13.3. The van der Waals surface area contributed by atoms with E-state index in [-0.39, 0.29) is 5.56 Å². The Labute approximate surface area is 134 Å². The molecule has 0 aliphatic rings. The maximum atomic E-state index is 13.3. The molecule has 23 heavy (non-hydrogen) atoms. The Bertz CT molecular complexity index is 864. The van der Waals surface area contributed by atoms with Gasteiger partial charge in [-0.25, -0.2) is 12.8 Å². The molecule has 0 fully saturated rings. The fourth-order valence-electron chi connectivity index (χ4n) is 2.00. The zero-order chi connectivity index (χ0) is 17.2. The Morgan fingerprint density at radius 1 is 1.00 bits per heavy atom. The lowest BCUT2D eigenvalue weighted by Crippen LogP contribution is -2.15. The van der Waals surface area contributed by atoms with Crippen molar-refractivity contribution in [3.63, 3.8) is 0 Å². The number of amides is 1. The van der Waals surface area contributed by atoms with E-state index in [9.17, 15) is 17.6 Å². The number of aryl methyl sites for hydroxylation is 2. The first kappa shape index (κ1) is 17.0. The van der Waals surface area contributed by atoms with E-state index >= 15 is 0 Å². The first-order valence-corrected chi connectivity index (χ1v) is 8.71. The van der Waals surface area contributed by atoms with Gasteiger partial charge in [0.25, 0.3) is 5.91 Å². The molecule has 2 rings (SSSR count). The molecule has 0 atom stereocenters. The van der Waals surface area contributed by atoms with Gasteiger partial charge in [-0.15, -0.1) is 0 Å². The summed E-state index contributed by atoms with van der Waals surface area (Å²) in [6.07, 6.45) is 1.04. The van der Waals surface area contributed by atoms with Gasteiger partial charge in [0.2, 0.25) is 10.0 Å². The van der Waals surface area contributed by atoms with Gasteiger partial charge < -0.3 is 5.32 Å². The normalized spacial score (nSPS) is 11.1. The van der Waals surface area contributed by atoms with Crippen LogP contribution in [0.5, 0.6) is 0 Å². The average Bonchev–Trinajstić information content (AvgIpc) is 2.43. The van der Waals surface area contributed by atoms with Crippen LogP contribution >= 0.6 is 0 Å². The van der Waals surface area contributed by atoms with Gasteiger partial charge in [-0.05, 0) is 49.2 Å². The number of hydrogen-bond acceptors (Lipinski definition) is 3. The van der Waals surface area contributed by atoms with E-state index in [0.717, 1.165) is 11.8 Å². The fourth-order valence-corrected chi connectivity index (χ4v) is 2.62. The van der Waals surface area contributed by atoms with Gasteiger partial charge in [-0.1, -0.05) is 12.1 Å². The summed E-state index contributed by atoms with van der Waals surface area (Å²) in [5.41, 5.74) is 2.38. The minimum atomic E-state index is -3.44. The molecule has 0 saturated carbocycles. The smallest absolute Gasteiger partial charge is 0.255 e. The minimum absolute atomic E-state index is 0.269. The third kappa shape index (κ3) is 4.53. The molecule has 0 saturated heterocycles. The summed E-state index contributed by atoms with van der Waals surface area (Å²) in [5.74, 6) is -0.899. The highest BCUT2D eigenvalue weighted by Gasteiger charge is 2.12. The van der Waals surface area contributed by atoms with Crippen LogP contribution in [-0.2, 0) is 10.0 Å². The molecule has 2 aromatic rings. The molecule has 2 N–H and O–H groups in total. The molecule has 122 valence electrons. The van der Waals surface area contributed by atoms with Crippen LogP contribution in [0.25, 0.3) is 0 Å². The molecule has 0 aliphatic heterocycles. The zero-order valence-corrected chi connectivity index (χ0v) is 13.8. The first-order chi connectivity index (χ1) is 10.7. The summed E-state index contributed by atoms with van der Waals surface area (Å²) in [6, 6.07) is 8.77. The average molecular weight is 336 g/mol. The summed E-state index contributed by atoms with van der Waals surface area (Å²) in [7, 11) is -3.44. The van der Waals surface area contributed by atoms with Crippen molar-refractivity contribution in [3.8, 4) is 0 Å². The molecular formula is C16H17FN2O3S. The van der Waals surface area contributed by atoms with E-state index in [2.05, 4.69) is 10.0 Å². The van der Waals surface area contributed by atoms with E-state index in [1.165, 1.54) is 18.2 Å². The van der Waals surface area contributed by atoms with Crippen LogP contribution in [0.15, 0.2) is 36.4 Å². The third-order valence-electron chi connectivity index (χ3n) is 3.24. The summed E-state index contributed by atoms with van der Waals surface area (Å²) in [5, 5.41) is 2.62. The minimum Gasteiger partial charge on any atom is -0.322 e. The van der Waals surface area contributed by atoms with Crippen molar-refractivity contribution in [1.82, 2.24) is 0 Å². The lowest BCUT2D eigenvalue weighted by atomic mass is 10.1. The SMILES string of the molecule is Cc1ccc(F)cc1NC(=O)c1ccc(C)c(NS(C)(=O)=O)c1. The maximum Gasteiger partial charge on any atom is 0.255 e. The van der Waals surface area contributed by atoms with Crippen LogP contribution in [0.1, 0.15) is 21.5 Å². The molecule has 0 heterocycles. The molecule has 0 aromatic heterocycles. The lowest BCUT2D eigenvalue weighted by molar-refractivity contribution is 0.102. The topological polar surface area (TPSA) is 75.3 Å². The number of rotatable bonds is 4. The lowest BCUT2D eigenvalue weighted by Gasteiger charge is -2.12. The second-order valence-electron chi connectivity index (χ2n) is 5.32. The summed E-state index contributed by atoms with van der Waals surface area (Å²) < 4.78 is 38.3. The number of carbonyl (C=O) groups is 1. The molecule has 0 radical (unpaired) electrons. The quantitative estimate of drug-likeness (QED) is 0.901. The van der Waals surface area contributed by atoms with Gasteiger partial charge in [0.15, 0.2) is 0 Å². The largest absolute Gasteiger partial charge is 0.322 e. The number of sulfonamides is 1. The second-order valence-corrected chi connectivity index (χ2v) is 7.07. The van der Waals surface area contributed by atoms with Crippen molar-refractivity contribution in [1.29, 1.82) is 0 Å². The summed E-state index contributed by atoms with van der Waals surface area (Å²) >= 11 is 0. The van der Waals surface area contributed by atoms with E-state index in [1.807, 2.05) is 0 Å². The molecule has 0 unspecified atom stereocenters. The van der Waals surface area contributed by atoms with Crippen LogP contribution in [0.2, 0.25) is 0 Å². The van der Waals surface area contributed by atoms with Gasteiger partial charge in [-0.3, -0.25) is 9.52 Å². The number of nitrogens with one attached hydrogen (secondary N) is 2. The molecule has 5 nitrogen and oxygen atoms in total. The van der Waals surface area contributed by atoms with Crippen molar-refractivity contribution in [2.45, 2.75) is 13.8 Å². The molecule has 1 amide bonds. The number of carbonyl (C=O) groups excluding carboxylic acids is 1. The van der Waals surface area contributed by atoms with Crippen molar-refractivity contribution < 1.29 is 17.6 Å². The number of halogens is 1. The van der Waals surface area contributed by atoms with Gasteiger partial charge in [0, 0.05) is 11.3 Å². The standard InChI is InChI=1S/C16H17FN2O3S/c1-10-5-7-13(17)9-14(10)18-16(20)12-6-4-11(2)15(8-12)19-23(3,21)22/h4-9,19H,1-3H3,(H,18,20). The van der Waals surface area contributed by atoms with E-state index < -0.39 is 21.7 Å². The highest BCUT2D eigenvalue weighted by atomic mass is 32.2. The van der Waals surface area contributed by atoms with Crippen LogP contribution in [0, 0.1) is 19.7 Å². The molecule has 0 spiro atoms. The van der Waals surface area contributed by atoms with Crippen molar-refractivity contribution in [2.24, 2.45) is 0 Å². The highest BCUT2D eigenvalue weighted by molar-refractivity contribution is 7.92. The van der Waals surface area contributed by atoms with Crippen LogP contribution in [0.3, 0.4) is 0 Å². The van der Waals surface area contributed by atoms with Crippen LogP contribution in [0.4, 0.5) is 15.8 Å². The Morgan fingerprint density at radius 3 is 2.26 bits per heavy atom. The molecule has 7 heteroatoms. The Morgan fingerprint density at radius 2 is 1.61 bits per heavy atom. The molecule has 0 aliphatic carbocycles. The van der Waals surface area contributed by atoms with Gasteiger partial charge in [0.1, 0.15) is 5.82 Å². The van der Waals surface area contributed by atoms with E-state index in [4.69, 9.17) is 0 Å². The van der Waals surface area contributed by atoms with Crippen molar-refractivity contribution in [3.05, 3.63) is 58.9 Å². The Kier molecular flexibility index (Phi) is 4.70.